The summed E-state index contributed by atoms with van der Waals surface area (Å²) in [6, 6.07) is 0. The Morgan fingerprint density at radius 1 is 1.55 bits per heavy atom. The highest BCUT2D eigenvalue weighted by atomic mass is 16.3. The minimum absolute atomic E-state index is 0.470. The molecule has 0 spiro atoms. The molecule has 11 heavy (non-hydrogen) atoms. The Morgan fingerprint density at radius 2 is 2.09 bits per heavy atom. The molecule has 2 unspecified atom stereocenters. The van der Waals surface area contributed by atoms with Crippen molar-refractivity contribution in [1.29, 1.82) is 0 Å². The van der Waals surface area contributed by atoms with Crippen LogP contribution in [0.5, 0.6) is 0 Å². The van der Waals surface area contributed by atoms with E-state index in [2.05, 4.69) is 19.8 Å². The molecular weight excluding hydrogens is 136 g/mol. The first kappa shape index (κ1) is 10.5. The van der Waals surface area contributed by atoms with E-state index < -0.39 is 5.60 Å². The second-order valence-corrected chi connectivity index (χ2v) is 3.23. The fourth-order valence-electron chi connectivity index (χ4n) is 1.00. The van der Waals surface area contributed by atoms with Crippen molar-refractivity contribution in [2.24, 2.45) is 5.92 Å². The average Bonchev–Trinajstić information content (AvgIpc) is 2.04. The van der Waals surface area contributed by atoms with E-state index in [1.807, 2.05) is 6.92 Å². The van der Waals surface area contributed by atoms with Crippen LogP contribution in [-0.4, -0.2) is 10.7 Å². The Hall–Kier alpha value is -0.480. The largest absolute Gasteiger partial charge is 0.378 e. The zero-order valence-corrected chi connectivity index (χ0v) is 7.65. The summed E-state index contributed by atoms with van der Waals surface area (Å²) in [5.74, 6) is 2.67. The van der Waals surface area contributed by atoms with Crippen molar-refractivity contribution in [1.82, 2.24) is 0 Å². The molecule has 1 heteroatoms. The van der Waals surface area contributed by atoms with E-state index in [1.165, 1.54) is 0 Å². The zero-order valence-electron chi connectivity index (χ0n) is 7.65. The second-order valence-electron chi connectivity index (χ2n) is 3.23. The molecule has 0 saturated heterocycles. The van der Waals surface area contributed by atoms with Crippen LogP contribution in [0.3, 0.4) is 0 Å². The molecular formula is C10H17O. The summed E-state index contributed by atoms with van der Waals surface area (Å²) < 4.78 is 0. The van der Waals surface area contributed by atoms with Gasteiger partial charge in [0.2, 0.25) is 0 Å². The van der Waals surface area contributed by atoms with E-state index in [4.69, 9.17) is 6.42 Å². The van der Waals surface area contributed by atoms with E-state index >= 15 is 0 Å². The smallest absolute Gasteiger partial charge is 0.126 e. The molecule has 0 aliphatic carbocycles. The zero-order chi connectivity index (χ0) is 8.91. The standard InChI is InChI=1S/C10H17O/c1-5-9(4)8-10(11,6-2)7-3/h9,11H,5-6,8H2,1-2,4H3. The molecule has 1 radical (unpaired) electrons. The van der Waals surface area contributed by atoms with Crippen LogP contribution in [0.1, 0.15) is 40.0 Å². The van der Waals surface area contributed by atoms with Crippen LogP contribution in [0, 0.1) is 18.3 Å². The molecule has 0 saturated carbocycles. The highest BCUT2D eigenvalue weighted by molar-refractivity contribution is 5.02. The van der Waals surface area contributed by atoms with Gasteiger partial charge in [-0.15, -0.1) is 0 Å². The highest BCUT2D eigenvalue weighted by Gasteiger charge is 2.23. The van der Waals surface area contributed by atoms with Gasteiger partial charge in [-0.25, -0.2) is 0 Å². The lowest BCUT2D eigenvalue weighted by atomic mass is 9.89. The SMILES string of the molecule is [C]#CC(O)(CC)CC(C)CC. The van der Waals surface area contributed by atoms with E-state index in [1.54, 1.807) is 0 Å². The molecule has 0 aromatic heterocycles. The maximum Gasteiger partial charge on any atom is 0.126 e. The topological polar surface area (TPSA) is 20.2 Å². The molecule has 0 bridgehead atoms. The van der Waals surface area contributed by atoms with Crippen molar-refractivity contribution in [3.63, 3.8) is 0 Å². The minimum atomic E-state index is -0.977. The third-order valence-corrected chi connectivity index (χ3v) is 2.20. The van der Waals surface area contributed by atoms with Crippen molar-refractivity contribution in [3.8, 4) is 5.92 Å². The fourth-order valence-corrected chi connectivity index (χ4v) is 1.00. The van der Waals surface area contributed by atoms with Gasteiger partial charge in [0.25, 0.3) is 0 Å². The summed E-state index contributed by atoms with van der Waals surface area (Å²) in [5, 5.41) is 9.63. The van der Waals surface area contributed by atoms with Crippen molar-refractivity contribution in [2.75, 3.05) is 0 Å². The maximum atomic E-state index is 9.63. The predicted molar refractivity (Wildman–Crippen MR) is 46.4 cm³/mol. The number of hydrogen-bond donors (Lipinski definition) is 1. The molecule has 0 aromatic rings. The van der Waals surface area contributed by atoms with E-state index in [9.17, 15) is 5.11 Å². The first-order chi connectivity index (χ1) is 5.08. The first-order valence-corrected chi connectivity index (χ1v) is 4.24. The van der Waals surface area contributed by atoms with Crippen LogP contribution in [0.4, 0.5) is 0 Å². The summed E-state index contributed by atoms with van der Waals surface area (Å²) in [5.41, 5.74) is -0.977. The summed E-state index contributed by atoms with van der Waals surface area (Å²) in [7, 11) is 0. The molecule has 0 aliphatic rings. The van der Waals surface area contributed by atoms with Gasteiger partial charge in [0.1, 0.15) is 5.60 Å². The van der Waals surface area contributed by atoms with Crippen LogP contribution in [-0.2, 0) is 0 Å². The fraction of sp³-hybridized carbons (Fsp3) is 0.800. The molecule has 2 atom stereocenters. The van der Waals surface area contributed by atoms with Crippen molar-refractivity contribution < 1.29 is 5.11 Å². The van der Waals surface area contributed by atoms with Gasteiger partial charge in [0.05, 0.1) is 0 Å². The van der Waals surface area contributed by atoms with Crippen molar-refractivity contribution in [3.05, 3.63) is 6.42 Å². The highest BCUT2D eigenvalue weighted by Crippen LogP contribution is 2.21. The minimum Gasteiger partial charge on any atom is -0.378 e. The lowest BCUT2D eigenvalue weighted by Gasteiger charge is -2.23. The monoisotopic (exact) mass is 153 g/mol. The van der Waals surface area contributed by atoms with Crippen LogP contribution < -0.4 is 0 Å². The van der Waals surface area contributed by atoms with Gasteiger partial charge >= 0.3 is 0 Å². The summed E-state index contributed by atoms with van der Waals surface area (Å²) in [6.45, 7) is 6.05. The van der Waals surface area contributed by atoms with Crippen LogP contribution in [0.2, 0.25) is 0 Å². The third kappa shape index (κ3) is 3.43. The molecule has 0 aromatic carbocycles. The predicted octanol–water partition coefficient (Wildman–Crippen LogP) is 2.15. The summed E-state index contributed by atoms with van der Waals surface area (Å²) in [6.07, 6.45) is 9.21. The molecule has 63 valence electrons. The van der Waals surface area contributed by atoms with Gasteiger partial charge in [-0.1, -0.05) is 33.1 Å². The number of hydrogen-bond acceptors (Lipinski definition) is 1. The normalized spacial score (nSPS) is 18.5. The molecule has 0 rings (SSSR count). The lowest BCUT2D eigenvalue weighted by molar-refractivity contribution is 0.0706. The van der Waals surface area contributed by atoms with E-state index in [0.717, 1.165) is 6.42 Å². The van der Waals surface area contributed by atoms with Gasteiger partial charge in [0, 0.05) is 0 Å². The Labute approximate surface area is 69.8 Å². The van der Waals surface area contributed by atoms with Crippen LogP contribution in [0.15, 0.2) is 0 Å². The quantitative estimate of drug-likeness (QED) is 0.613. The van der Waals surface area contributed by atoms with Crippen molar-refractivity contribution in [2.45, 2.75) is 45.6 Å². The maximum absolute atomic E-state index is 9.63. The molecule has 0 amide bonds. The van der Waals surface area contributed by atoms with Gasteiger partial charge in [-0.3, -0.25) is 0 Å². The number of aliphatic hydroxyl groups is 1. The van der Waals surface area contributed by atoms with Crippen LogP contribution in [0.25, 0.3) is 0 Å². The first-order valence-electron chi connectivity index (χ1n) is 4.24. The van der Waals surface area contributed by atoms with E-state index in [0.29, 0.717) is 18.8 Å². The van der Waals surface area contributed by atoms with Crippen molar-refractivity contribution >= 4 is 0 Å². The Bertz CT molecular complexity index is 145. The van der Waals surface area contributed by atoms with Crippen LogP contribution >= 0.6 is 0 Å². The Balaban J connectivity index is 3.99. The van der Waals surface area contributed by atoms with Gasteiger partial charge in [0.15, 0.2) is 0 Å². The third-order valence-electron chi connectivity index (χ3n) is 2.20. The summed E-state index contributed by atoms with van der Waals surface area (Å²) >= 11 is 0. The summed E-state index contributed by atoms with van der Waals surface area (Å²) in [4.78, 5) is 0. The second kappa shape index (κ2) is 4.41. The van der Waals surface area contributed by atoms with E-state index in [-0.39, 0.29) is 0 Å². The molecule has 1 N–H and O–H groups in total. The lowest BCUT2D eigenvalue weighted by Crippen LogP contribution is -2.27. The average molecular weight is 153 g/mol. The van der Waals surface area contributed by atoms with Gasteiger partial charge in [-0.05, 0) is 25.2 Å². The molecule has 0 aliphatic heterocycles. The molecule has 0 heterocycles. The molecule has 1 nitrogen and oxygen atoms in total. The Morgan fingerprint density at radius 3 is 2.36 bits per heavy atom. The van der Waals surface area contributed by atoms with Gasteiger partial charge < -0.3 is 5.11 Å². The number of rotatable bonds is 4. The molecule has 0 fully saturated rings. The van der Waals surface area contributed by atoms with Gasteiger partial charge in [-0.2, -0.15) is 0 Å². The Kier molecular flexibility index (Phi) is 4.22.